The first kappa shape index (κ1) is 13.1. The molecule has 0 radical (unpaired) electrons. The summed E-state index contributed by atoms with van der Waals surface area (Å²) in [6.45, 7) is 2.02. The first-order chi connectivity index (χ1) is 9.08. The van der Waals surface area contributed by atoms with Gasteiger partial charge >= 0.3 is 0 Å². The van der Waals surface area contributed by atoms with Crippen LogP contribution < -0.4 is 10.5 Å². The fourth-order valence-electron chi connectivity index (χ4n) is 1.75. The highest BCUT2D eigenvalue weighted by Crippen LogP contribution is 2.21. The zero-order valence-electron chi connectivity index (χ0n) is 10.6. The number of hydrogen-bond donors (Lipinski definition) is 2. The van der Waals surface area contributed by atoms with Gasteiger partial charge in [0.15, 0.2) is 0 Å². The quantitative estimate of drug-likeness (QED) is 0.654. The molecule has 0 amide bonds. The fourth-order valence-corrected chi connectivity index (χ4v) is 1.75. The Balaban J connectivity index is 2.20. The van der Waals surface area contributed by atoms with Crippen LogP contribution in [0.5, 0.6) is 5.75 Å². The van der Waals surface area contributed by atoms with Crippen LogP contribution in [0.2, 0.25) is 0 Å². The third-order valence-electron chi connectivity index (χ3n) is 2.77. The third-order valence-corrected chi connectivity index (χ3v) is 2.77. The van der Waals surface area contributed by atoms with Crippen molar-refractivity contribution in [2.24, 2.45) is 5.73 Å². The minimum atomic E-state index is -0.306. The average molecular weight is 258 g/mol. The van der Waals surface area contributed by atoms with Crippen molar-refractivity contribution in [2.75, 3.05) is 0 Å². The molecule has 0 saturated heterocycles. The Hall–Kier alpha value is -2.36. The molecular formula is C15H15FN2O. The molecule has 3 N–H and O–H groups in total. The highest BCUT2D eigenvalue weighted by Gasteiger charge is 2.08. The number of rotatable bonds is 4. The van der Waals surface area contributed by atoms with Gasteiger partial charge in [0.2, 0.25) is 0 Å². The summed E-state index contributed by atoms with van der Waals surface area (Å²) >= 11 is 0. The van der Waals surface area contributed by atoms with Crippen molar-refractivity contribution in [3.8, 4) is 5.75 Å². The summed E-state index contributed by atoms with van der Waals surface area (Å²) in [5.74, 6) is 0.118. The van der Waals surface area contributed by atoms with Crippen molar-refractivity contribution in [1.29, 1.82) is 5.41 Å². The number of nitrogen functional groups attached to an aromatic ring is 1. The molecule has 0 aliphatic carbocycles. The molecule has 19 heavy (non-hydrogen) atoms. The average Bonchev–Trinajstić information content (AvgIpc) is 2.38. The SMILES string of the molecule is Cc1ccc(OCc2ccccc2F)c(C(=N)N)c1. The van der Waals surface area contributed by atoms with Gasteiger partial charge in [-0.1, -0.05) is 29.8 Å². The highest BCUT2D eigenvalue weighted by atomic mass is 19.1. The van der Waals surface area contributed by atoms with Gasteiger partial charge in [-0.05, 0) is 25.1 Å². The Bertz CT molecular complexity index is 611. The minimum Gasteiger partial charge on any atom is -0.488 e. The third kappa shape index (κ3) is 3.10. The van der Waals surface area contributed by atoms with Crippen LogP contribution >= 0.6 is 0 Å². The number of aryl methyl sites for hydroxylation is 1. The normalized spacial score (nSPS) is 10.2. The van der Waals surface area contributed by atoms with Gasteiger partial charge in [-0.3, -0.25) is 5.41 Å². The molecule has 2 aromatic carbocycles. The highest BCUT2D eigenvalue weighted by molar-refractivity contribution is 5.97. The van der Waals surface area contributed by atoms with E-state index >= 15 is 0 Å². The second kappa shape index (κ2) is 5.52. The van der Waals surface area contributed by atoms with Gasteiger partial charge < -0.3 is 10.5 Å². The van der Waals surface area contributed by atoms with Crippen LogP contribution in [0.4, 0.5) is 4.39 Å². The molecule has 0 aromatic heterocycles. The van der Waals surface area contributed by atoms with Gasteiger partial charge in [0.05, 0.1) is 5.56 Å². The van der Waals surface area contributed by atoms with Crippen molar-refractivity contribution >= 4 is 5.84 Å². The summed E-state index contributed by atoms with van der Waals surface area (Å²) in [7, 11) is 0. The maximum absolute atomic E-state index is 13.5. The topological polar surface area (TPSA) is 59.1 Å². The molecule has 0 saturated carbocycles. The van der Waals surface area contributed by atoms with E-state index in [1.165, 1.54) is 6.07 Å². The summed E-state index contributed by atoms with van der Waals surface area (Å²) in [6, 6.07) is 11.8. The van der Waals surface area contributed by atoms with Crippen molar-refractivity contribution in [3.05, 3.63) is 65.0 Å². The Morgan fingerprint density at radius 2 is 2.00 bits per heavy atom. The molecule has 0 aliphatic rings. The molecule has 0 fully saturated rings. The van der Waals surface area contributed by atoms with Crippen LogP contribution in [-0.2, 0) is 6.61 Å². The summed E-state index contributed by atoms with van der Waals surface area (Å²) in [4.78, 5) is 0. The van der Waals surface area contributed by atoms with Crippen LogP contribution in [0.1, 0.15) is 16.7 Å². The van der Waals surface area contributed by atoms with E-state index < -0.39 is 0 Å². The van der Waals surface area contributed by atoms with E-state index in [-0.39, 0.29) is 18.3 Å². The lowest BCUT2D eigenvalue weighted by molar-refractivity contribution is 0.299. The van der Waals surface area contributed by atoms with Crippen molar-refractivity contribution in [2.45, 2.75) is 13.5 Å². The molecule has 0 atom stereocenters. The summed E-state index contributed by atoms with van der Waals surface area (Å²) in [5, 5.41) is 7.52. The standard InChI is InChI=1S/C15H15FN2O/c1-10-6-7-14(12(8-10)15(17)18)19-9-11-4-2-3-5-13(11)16/h2-8H,9H2,1H3,(H3,17,18). The lowest BCUT2D eigenvalue weighted by Crippen LogP contribution is -2.13. The van der Waals surface area contributed by atoms with Crippen LogP contribution in [0, 0.1) is 18.2 Å². The molecule has 0 spiro atoms. The molecule has 98 valence electrons. The zero-order valence-corrected chi connectivity index (χ0v) is 10.6. The molecule has 2 aromatic rings. The maximum Gasteiger partial charge on any atom is 0.130 e. The van der Waals surface area contributed by atoms with Crippen molar-refractivity contribution < 1.29 is 9.13 Å². The molecule has 3 nitrogen and oxygen atoms in total. The number of nitrogens with one attached hydrogen (secondary N) is 1. The molecule has 2 rings (SSSR count). The van der Waals surface area contributed by atoms with Gasteiger partial charge in [-0.25, -0.2) is 4.39 Å². The van der Waals surface area contributed by atoms with Gasteiger partial charge in [0, 0.05) is 5.56 Å². The van der Waals surface area contributed by atoms with Gasteiger partial charge in [0.25, 0.3) is 0 Å². The molecule has 4 heteroatoms. The first-order valence-corrected chi connectivity index (χ1v) is 5.89. The van der Waals surface area contributed by atoms with Crippen molar-refractivity contribution in [1.82, 2.24) is 0 Å². The predicted octanol–water partition coefficient (Wildman–Crippen LogP) is 3.00. The lowest BCUT2D eigenvalue weighted by atomic mass is 10.1. The largest absolute Gasteiger partial charge is 0.488 e. The zero-order chi connectivity index (χ0) is 13.8. The Morgan fingerprint density at radius 3 is 2.68 bits per heavy atom. The Labute approximate surface area is 111 Å². The van der Waals surface area contributed by atoms with Gasteiger partial charge in [-0.15, -0.1) is 0 Å². The van der Waals surface area contributed by atoms with Gasteiger partial charge in [0.1, 0.15) is 24.0 Å². The van der Waals surface area contributed by atoms with E-state index in [2.05, 4.69) is 0 Å². The van der Waals surface area contributed by atoms with Crippen molar-refractivity contribution in [3.63, 3.8) is 0 Å². The van der Waals surface area contributed by atoms with E-state index in [0.717, 1.165) is 5.56 Å². The molecule has 0 bridgehead atoms. The number of benzene rings is 2. The van der Waals surface area contributed by atoms with Crippen LogP contribution in [0.25, 0.3) is 0 Å². The Kier molecular flexibility index (Phi) is 3.80. The smallest absolute Gasteiger partial charge is 0.130 e. The van der Waals surface area contributed by atoms with Crippen LogP contribution in [0.3, 0.4) is 0 Å². The second-order valence-corrected chi connectivity index (χ2v) is 4.29. The number of ether oxygens (including phenoxy) is 1. The number of amidine groups is 1. The van der Waals surface area contributed by atoms with Gasteiger partial charge in [-0.2, -0.15) is 0 Å². The van der Waals surface area contributed by atoms with E-state index in [9.17, 15) is 4.39 Å². The maximum atomic E-state index is 13.5. The Morgan fingerprint density at radius 1 is 1.26 bits per heavy atom. The fraction of sp³-hybridized carbons (Fsp3) is 0.133. The molecule has 0 heterocycles. The predicted molar refractivity (Wildman–Crippen MR) is 72.9 cm³/mol. The van der Waals surface area contributed by atoms with Crippen LogP contribution in [0.15, 0.2) is 42.5 Å². The van der Waals surface area contributed by atoms with Crippen LogP contribution in [-0.4, -0.2) is 5.84 Å². The lowest BCUT2D eigenvalue weighted by Gasteiger charge is -2.11. The number of nitrogens with two attached hydrogens (primary N) is 1. The number of hydrogen-bond acceptors (Lipinski definition) is 2. The number of halogens is 1. The minimum absolute atomic E-state index is 0.0627. The second-order valence-electron chi connectivity index (χ2n) is 4.29. The van der Waals surface area contributed by atoms with E-state index in [1.54, 1.807) is 30.3 Å². The monoisotopic (exact) mass is 258 g/mol. The summed E-state index contributed by atoms with van der Waals surface area (Å²) in [6.07, 6.45) is 0. The summed E-state index contributed by atoms with van der Waals surface area (Å²) in [5.41, 5.74) is 7.50. The van der Waals surface area contributed by atoms with E-state index in [0.29, 0.717) is 16.9 Å². The summed E-state index contributed by atoms with van der Waals surface area (Å²) < 4.78 is 19.0. The van der Waals surface area contributed by atoms with E-state index in [1.807, 2.05) is 13.0 Å². The van der Waals surface area contributed by atoms with E-state index in [4.69, 9.17) is 15.9 Å². The first-order valence-electron chi connectivity index (χ1n) is 5.89. The molecule has 0 unspecified atom stereocenters. The molecule has 0 aliphatic heterocycles. The molecular weight excluding hydrogens is 243 g/mol.